The van der Waals surface area contributed by atoms with Gasteiger partial charge in [-0.05, 0) is 41.3 Å². The fourth-order valence-electron chi connectivity index (χ4n) is 2.00. The fraction of sp³-hybridized carbons (Fsp3) is 0.231. The van der Waals surface area contributed by atoms with Gasteiger partial charge < -0.3 is 5.73 Å². The van der Waals surface area contributed by atoms with E-state index in [1.165, 1.54) is 16.3 Å². The van der Waals surface area contributed by atoms with Gasteiger partial charge in [0, 0.05) is 10.0 Å². The highest BCUT2D eigenvalue weighted by atomic mass is 79.9. The molecule has 0 unspecified atom stereocenters. The molecular formula is C13H12BrN. The van der Waals surface area contributed by atoms with Gasteiger partial charge in [0.25, 0.3) is 0 Å². The van der Waals surface area contributed by atoms with Crippen LogP contribution in [-0.2, 0) is 5.54 Å². The summed E-state index contributed by atoms with van der Waals surface area (Å²) in [5, 5.41) is 2.53. The van der Waals surface area contributed by atoms with Crippen LogP contribution in [0.2, 0.25) is 0 Å². The van der Waals surface area contributed by atoms with E-state index in [4.69, 9.17) is 5.73 Å². The molecule has 0 aromatic heterocycles. The van der Waals surface area contributed by atoms with Gasteiger partial charge in [-0.3, -0.25) is 0 Å². The van der Waals surface area contributed by atoms with Crippen molar-refractivity contribution < 1.29 is 0 Å². The van der Waals surface area contributed by atoms with Crippen molar-refractivity contribution in [2.24, 2.45) is 5.73 Å². The van der Waals surface area contributed by atoms with E-state index in [0.717, 1.165) is 17.3 Å². The first-order valence-corrected chi connectivity index (χ1v) is 5.96. The fourth-order valence-corrected chi connectivity index (χ4v) is 2.75. The monoisotopic (exact) mass is 261 g/mol. The number of benzene rings is 2. The highest BCUT2D eigenvalue weighted by Gasteiger charge is 2.41. The molecule has 2 N–H and O–H groups in total. The van der Waals surface area contributed by atoms with Crippen LogP contribution in [-0.4, -0.2) is 0 Å². The Bertz CT molecular complexity index is 529. The smallest absolute Gasteiger partial charge is 0.0422 e. The Labute approximate surface area is 97.4 Å². The molecule has 0 bridgehead atoms. The lowest BCUT2D eigenvalue weighted by atomic mass is 10.0. The number of hydrogen-bond donors (Lipinski definition) is 1. The molecule has 1 aliphatic carbocycles. The Hall–Kier alpha value is -0.860. The van der Waals surface area contributed by atoms with E-state index in [1.807, 2.05) is 0 Å². The maximum atomic E-state index is 6.23. The zero-order valence-electron chi connectivity index (χ0n) is 8.33. The largest absolute Gasteiger partial charge is 0.321 e. The Kier molecular flexibility index (Phi) is 1.91. The molecule has 1 aliphatic rings. The highest BCUT2D eigenvalue weighted by molar-refractivity contribution is 9.10. The summed E-state index contributed by atoms with van der Waals surface area (Å²) < 4.78 is 1.14. The van der Waals surface area contributed by atoms with Gasteiger partial charge in [0.15, 0.2) is 0 Å². The summed E-state index contributed by atoms with van der Waals surface area (Å²) in [6.07, 6.45) is 2.20. The molecule has 0 aliphatic heterocycles. The molecule has 76 valence electrons. The van der Waals surface area contributed by atoms with Gasteiger partial charge in [-0.25, -0.2) is 0 Å². The van der Waals surface area contributed by atoms with Crippen LogP contribution in [0.15, 0.2) is 40.9 Å². The van der Waals surface area contributed by atoms with Crippen molar-refractivity contribution in [3.05, 3.63) is 46.4 Å². The van der Waals surface area contributed by atoms with Crippen LogP contribution >= 0.6 is 15.9 Å². The zero-order chi connectivity index (χ0) is 10.5. The molecule has 1 fully saturated rings. The SMILES string of the molecule is NC1(c2cc3ccccc3cc2Br)CC1. The maximum Gasteiger partial charge on any atom is 0.0422 e. The van der Waals surface area contributed by atoms with Crippen LogP contribution in [0.3, 0.4) is 0 Å². The molecule has 1 saturated carbocycles. The first kappa shape index (κ1) is 9.37. The van der Waals surface area contributed by atoms with Gasteiger partial charge in [-0.15, -0.1) is 0 Å². The van der Waals surface area contributed by atoms with Gasteiger partial charge in [0.1, 0.15) is 0 Å². The van der Waals surface area contributed by atoms with Gasteiger partial charge in [-0.1, -0.05) is 40.2 Å². The first-order chi connectivity index (χ1) is 7.19. The van der Waals surface area contributed by atoms with Crippen LogP contribution in [0.25, 0.3) is 10.8 Å². The van der Waals surface area contributed by atoms with Crippen molar-refractivity contribution in [1.29, 1.82) is 0 Å². The Morgan fingerprint density at radius 3 is 2.27 bits per heavy atom. The summed E-state index contributed by atoms with van der Waals surface area (Å²) in [6, 6.07) is 12.8. The third-order valence-electron chi connectivity index (χ3n) is 3.16. The minimum absolute atomic E-state index is 0.0666. The third-order valence-corrected chi connectivity index (χ3v) is 3.82. The Balaban J connectivity index is 2.27. The van der Waals surface area contributed by atoms with Gasteiger partial charge in [-0.2, -0.15) is 0 Å². The Morgan fingerprint density at radius 2 is 1.67 bits per heavy atom. The number of fused-ring (bicyclic) bond motifs is 1. The number of rotatable bonds is 1. The summed E-state index contributed by atoms with van der Waals surface area (Å²) in [7, 11) is 0. The minimum Gasteiger partial charge on any atom is -0.321 e. The normalized spacial score (nSPS) is 18.0. The van der Waals surface area contributed by atoms with Gasteiger partial charge >= 0.3 is 0 Å². The zero-order valence-corrected chi connectivity index (χ0v) is 9.92. The lowest BCUT2D eigenvalue weighted by Crippen LogP contribution is -2.19. The van der Waals surface area contributed by atoms with E-state index in [1.54, 1.807) is 0 Å². The molecule has 15 heavy (non-hydrogen) atoms. The molecule has 0 heterocycles. The molecular weight excluding hydrogens is 250 g/mol. The highest BCUT2D eigenvalue weighted by Crippen LogP contribution is 2.46. The van der Waals surface area contributed by atoms with Crippen molar-refractivity contribution >= 4 is 26.7 Å². The summed E-state index contributed by atoms with van der Waals surface area (Å²) in [5.41, 5.74) is 7.41. The maximum absolute atomic E-state index is 6.23. The molecule has 0 radical (unpaired) electrons. The second-order valence-electron chi connectivity index (χ2n) is 4.34. The summed E-state index contributed by atoms with van der Waals surface area (Å²) in [4.78, 5) is 0. The van der Waals surface area contributed by atoms with E-state index >= 15 is 0 Å². The lowest BCUT2D eigenvalue weighted by Gasteiger charge is -2.12. The van der Waals surface area contributed by atoms with Gasteiger partial charge in [0.2, 0.25) is 0 Å². The van der Waals surface area contributed by atoms with E-state index in [0.29, 0.717) is 0 Å². The molecule has 3 rings (SSSR count). The lowest BCUT2D eigenvalue weighted by molar-refractivity contribution is 0.737. The molecule has 0 spiro atoms. The summed E-state index contributed by atoms with van der Waals surface area (Å²) >= 11 is 3.61. The second-order valence-corrected chi connectivity index (χ2v) is 5.19. The standard InChI is InChI=1S/C13H12BrN/c14-12-8-10-4-2-1-3-9(10)7-11(12)13(15)5-6-13/h1-4,7-8H,5-6,15H2. The quantitative estimate of drug-likeness (QED) is 0.835. The van der Waals surface area contributed by atoms with Crippen LogP contribution in [0, 0.1) is 0 Å². The van der Waals surface area contributed by atoms with E-state index < -0.39 is 0 Å². The van der Waals surface area contributed by atoms with E-state index in [-0.39, 0.29) is 5.54 Å². The molecule has 0 atom stereocenters. The predicted molar refractivity (Wildman–Crippen MR) is 66.7 cm³/mol. The van der Waals surface area contributed by atoms with E-state index in [2.05, 4.69) is 52.3 Å². The van der Waals surface area contributed by atoms with Crippen molar-refractivity contribution in [2.45, 2.75) is 18.4 Å². The molecule has 2 aromatic rings. The molecule has 2 aromatic carbocycles. The molecule has 0 saturated heterocycles. The van der Waals surface area contributed by atoms with Gasteiger partial charge in [0.05, 0.1) is 0 Å². The van der Waals surface area contributed by atoms with Crippen LogP contribution in [0.1, 0.15) is 18.4 Å². The Morgan fingerprint density at radius 1 is 1.07 bits per heavy atom. The number of hydrogen-bond acceptors (Lipinski definition) is 1. The third kappa shape index (κ3) is 1.48. The minimum atomic E-state index is -0.0666. The molecule has 2 heteroatoms. The van der Waals surface area contributed by atoms with Crippen LogP contribution in [0.4, 0.5) is 0 Å². The molecule has 1 nitrogen and oxygen atoms in total. The first-order valence-electron chi connectivity index (χ1n) is 5.17. The van der Waals surface area contributed by atoms with Crippen molar-refractivity contribution in [2.75, 3.05) is 0 Å². The van der Waals surface area contributed by atoms with E-state index in [9.17, 15) is 0 Å². The average molecular weight is 262 g/mol. The number of nitrogens with two attached hydrogens (primary N) is 1. The van der Waals surface area contributed by atoms with Crippen molar-refractivity contribution in [3.8, 4) is 0 Å². The molecule has 0 amide bonds. The van der Waals surface area contributed by atoms with Crippen LogP contribution in [0.5, 0.6) is 0 Å². The second kappa shape index (κ2) is 3.06. The predicted octanol–water partition coefficient (Wildman–Crippen LogP) is 3.55. The summed E-state index contributed by atoms with van der Waals surface area (Å²) in [6.45, 7) is 0. The summed E-state index contributed by atoms with van der Waals surface area (Å²) in [5.74, 6) is 0. The average Bonchev–Trinajstić information content (AvgIpc) is 2.96. The number of halogens is 1. The van der Waals surface area contributed by atoms with Crippen molar-refractivity contribution in [1.82, 2.24) is 0 Å². The van der Waals surface area contributed by atoms with Crippen LogP contribution < -0.4 is 5.73 Å². The van der Waals surface area contributed by atoms with Crippen molar-refractivity contribution in [3.63, 3.8) is 0 Å². The topological polar surface area (TPSA) is 26.0 Å².